The Kier molecular flexibility index (Phi) is 5.22. The van der Waals surface area contributed by atoms with E-state index in [1.165, 1.54) is 12.8 Å². The quantitative estimate of drug-likeness (QED) is 0.873. The van der Waals surface area contributed by atoms with Gasteiger partial charge in [0.15, 0.2) is 0 Å². The maximum absolute atomic E-state index is 12.1. The Labute approximate surface area is 122 Å². The fourth-order valence-electron chi connectivity index (χ4n) is 2.26. The number of hydrogen-bond acceptors (Lipinski definition) is 3. The van der Waals surface area contributed by atoms with E-state index < -0.39 is 0 Å². The summed E-state index contributed by atoms with van der Waals surface area (Å²) in [5.74, 6) is 0.620. The van der Waals surface area contributed by atoms with Crippen LogP contribution in [0.3, 0.4) is 0 Å². The van der Waals surface area contributed by atoms with Gasteiger partial charge in [0, 0.05) is 17.1 Å². The van der Waals surface area contributed by atoms with Gasteiger partial charge in [-0.3, -0.25) is 4.79 Å². The zero-order chi connectivity index (χ0) is 13.7. The summed E-state index contributed by atoms with van der Waals surface area (Å²) in [6.45, 7) is 1.79. The normalized spacial score (nSPS) is 18.3. The van der Waals surface area contributed by atoms with E-state index in [2.05, 4.69) is 26.6 Å². The highest BCUT2D eigenvalue weighted by molar-refractivity contribution is 9.10. The zero-order valence-corrected chi connectivity index (χ0v) is 12.6. The number of halogens is 1. The topological polar surface area (TPSA) is 50.4 Å². The molecule has 5 heteroatoms. The van der Waals surface area contributed by atoms with Gasteiger partial charge in [0.2, 0.25) is 0 Å². The van der Waals surface area contributed by atoms with Gasteiger partial charge >= 0.3 is 0 Å². The molecule has 1 fully saturated rings. The highest BCUT2D eigenvalue weighted by atomic mass is 79.9. The fourth-order valence-corrected chi connectivity index (χ4v) is 2.69. The average Bonchev–Trinajstić information content (AvgIpc) is 2.92. The summed E-state index contributed by atoms with van der Waals surface area (Å²) in [6.07, 6.45) is 3.42. The molecule has 1 aliphatic rings. The molecule has 0 bridgehead atoms. The van der Waals surface area contributed by atoms with Gasteiger partial charge in [-0.25, -0.2) is 0 Å². The molecule has 1 aromatic rings. The molecule has 104 valence electrons. The SMILES string of the molecule is COc1ccc(Br)c(C(=O)NCC[C@@H]2CCCN2)c1. The smallest absolute Gasteiger partial charge is 0.252 e. The second kappa shape index (κ2) is 6.91. The van der Waals surface area contributed by atoms with Crippen molar-refractivity contribution in [3.05, 3.63) is 28.2 Å². The Morgan fingerprint density at radius 1 is 1.58 bits per heavy atom. The minimum atomic E-state index is -0.0660. The third kappa shape index (κ3) is 3.94. The molecule has 2 N–H and O–H groups in total. The van der Waals surface area contributed by atoms with Crippen molar-refractivity contribution in [3.8, 4) is 5.75 Å². The van der Waals surface area contributed by atoms with E-state index in [1.807, 2.05) is 12.1 Å². The monoisotopic (exact) mass is 326 g/mol. The summed E-state index contributed by atoms with van der Waals surface area (Å²) < 4.78 is 5.92. The number of carbonyl (C=O) groups excluding carboxylic acids is 1. The number of nitrogens with one attached hydrogen (secondary N) is 2. The predicted octanol–water partition coefficient (Wildman–Crippen LogP) is 2.33. The molecule has 0 aliphatic carbocycles. The summed E-state index contributed by atoms with van der Waals surface area (Å²) in [5.41, 5.74) is 0.610. The van der Waals surface area contributed by atoms with Gasteiger partial charge in [-0.1, -0.05) is 0 Å². The zero-order valence-electron chi connectivity index (χ0n) is 11.0. The number of carbonyl (C=O) groups is 1. The first-order chi connectivity index (χ1) is 9.20. The van der Waals surface area contributed by atoms with Crippen molar-refractivity contribution >= 4 is 21.8 Å². The molecule has 4 nitrogen and oxygen atoms in total. The fraction of sp³-hybridized carbons (Fsp3) is 0.500. The minimum absolute atomic E-state index is 0.0660. The summed E-state index contributed by atoms with van der Waals surface area (Å²) >= 11 is 3.39. The lowest BCUT2D eigenvalue weighted by molar-refractivity contribution is 0.0951. The Bertz CT molecular complexity index is 445. The molecule has 0 saturated carbocycles. The Balaban J connectivity index is 1.88. The molecule has 1 aromatic carbocycles. The van der Waals surface area contributed by atoms with Crippen LogP contribution in [0.1, 0.15) is 29.6 Å². The molecule has 0 unspecified atom stereocenters. The summed E-state index contributed by atoms with van der Waals surface area (Å²) in [5, 5.41) is 6.37. The van der Waals surface area contributed by atoms with Gasteiger partial charge < -0.3 is 15.4 Å². The molecule has 0 spiro atoms. The largest absolute Gasteiger partial charge is 0.497 e. The first kappa shape index (κ1) is 14.3. The molecular formula is C14H19BrN2O2. The lowest BCUT2D eigenvalue weighted by atomic mass is 10.1. The molecule has 1 saturated heterocycles. The number of ether oxygens (including phenoxy) is 1. The van der Waals surface area contributed by atoms with Crippen LogP contribution in [0.25, 0.3) is 0 Å². The van der Waals surface area contributed by atoms with Crippen molar-refractivity contribution in [3.63, 3.8) is 0 Å². The maximum atomic E-state index is 12.1. The van der Waals surface area contributed by atoms with E-state index in [9.17, 15) is 4.79 Å². The van der Waals surface area contributed by atoms with Crippen LogP contribution in [0, 0.1) is 0 Å². The van der Waals surface area contributed by atoms with Crippen LogP contribution in [-0.2, 0) is 0 Å². The number of hydrogen-bond donors (Lipinski definition) is 2. The van der Waals surface area contributed by atoms with Crippen molar-refractivity contribution < 1.29 is 9.53 Å². The highest BCUT2D eigenvalue weighted by Crippen LogP contribution is 2.22. The highest BCUT2D eigenvalue weighted by Gasteiger charge is 2.15. The minimum Gasteiger partial charge on any atom is -0.497 e. The van der Waals surface area contributed by atoms with Crippen molar-refractivity contribution in [1.82, 2.24) is 10.6 Å². The number of benzene rings is 1. The van der Waals surface area contributed by atoms with Crippen molar-refractivity contribution in [2.24, 2.45) is 0 Å². The molecule has 1 atom stereocenters. The van der Waals surface area contributed by atoms with E-state index in [4.69, 9.17) is 4.74 Å². The number of amides is 1. The second-order valence-corrected chi connectivity index (χ2v) is 5.54. The lowest BCUT2D eigenvalue weighted by Gasteiger charge is -2.12. The molecular weight excluding hydrogens is 308 g/mol. The van der Waals surface area contributed by atoms with Crippen LogP contribution < -0.4 is 15.4 Å². The standard InChI is InChI=1S/C14H19BrN2O2/c1-19-11-4-5-13(15)12(9-11)14(18)17-8-6-10-3-2-7-16-10/h4-5,9-10,16H,2-3,6-8H2,1H3,(H,17,18)/t10-/m0/s1. The Morgan fingerprint density at radius 2 is 2.42 bits per heavy atom. The second-order valence-electron chi connectivity index (χ2n) is 4.68. The molecule has 19 heavy (non-hydrogen) atoms. The van der Waals surface area contributed by atoms with Crippen LogP contribution in [0.15, 0.2) is 22.7 Å². The summed E-state index contributed by atoms with van der Waals surface area (Å²) in [6, 6.07) is 5.94. The van der Waals surface area contributed by atoms with Crippen molar-refractivity contribution in [1.29, 1.82) is 0 Å². The Morgan fingerprint density at radius 3 is 3.11 bits per heavy atom. The molecule has 0 aromatic heterocycles. The van der Waals surface area contributed by atoms with E-state index >= 15 is 0 Å². The number of rotatable bonds is 5. The van der Waals surface area contributed by atoms with Crippen molar-refractivity contribution in [2.75, 3.05) is 20.2 Å². The van der Waals surface area contributed by atoms with Crippen molar-refractivity contribution in [2.45, 2.75) is 25.3 Å². The summed E-state index contributed by atoms with van der Waals surface area (Å²) in [7, 11) is 1.59. The third-order valence-corrected chi connectivity index (χ3v) is 4.05. The van der Waals surface area contributed by atoms with Gasteiger partial charge in [-0.2, -0.15) is 0 Å². The van der Waals surface area contributed by atoms with E-state index in [0.717, 1.165) is 17.4 Å². The van der Waals surface area contributed by atoms with E-state index in [-0.39, 0.29) is 5.91 Å². The lowest BCUT2D eigenvalue weighted by Crippen LogP contribution is -2.30. The molecule has 1 amide bonds. The van der Waals surface area contributed by atoms with Crippen LogP contribution in [-0.4, -0.2) is 32.1 Å². The van der Waals surface area contributed by atoms with E-state index in [1.54, 1.807) is 13.2 Å². The van der Waals surface area contributed by atoms with Gasteiger partial charge in [0.1, 0.15) is 5.75 Å². The first-order valence-corrected chi connectivity index (χ1v) is 7.35. The van der Waals surface area contributed by atoms with Crippen LogP contribution >= 0.6 is 15.9 Å². The Hall–Kier alpha value is -1.07. The average molecular weight is 327 g/mol. The van der Waals surface area contributed by atoms with Crippen LogP contribution in [0.4, 0.5) is 0 Å². The van der Waals surface area contributed by atoms with Crippen LogP contribution in [0.2, 0.25) is 0 Å². The molecule has 1 aliphatic heterocycles. The van der Waals surface area contributed by atoms with Crippen LogP contribution in [0.5, 0.6) is 5.75 Å². The first-order valence-electron chi connectivity index (χ1n) is 6.56. The van der Waals surface area contributed by atoms with E-state index in [0.29, 0.717) is 23.9 Å². The van der Waals surface area contributed by atoms with Gasteiger partial charge in [-0.15, -0.1) is 0 Å². The third-order valence-electron chi connectivity index (χ3n) is 3.36. The molecule has 1 heterocycles. The van der Waals surface area contributed by atoms with Gasteiger partial charge in [0.25, 0.3) is 5.91 Å². The van der Waals surface area contributed by atoms with Gasteiger partial charge in [0.05, 0.1) is 12.7 Å². The molecule has 0 radical (unpaired) electrons. The molecule has 2 rings (SSSR count). The summed E-state index contributed by atoms with van der Waals surface area (Å²) in [4.78, 5) is 12.1. The maximum Gasteiger partial charge on any atom is 0.252 e. The predicted molar refractivity (Wildman–Crippen MR) is 78.7 cm³/mol. The number of methoxy groups -OCH3 is 1. The van der Waals surface area contributed by atoms with Gasteiger partial charge in [-0.05, 0) is 59.9 Å².